The molecule has 3 nitrogen and oxygen atoms in total. The zero-order valence-electron chi connectivity index (χ0n) is 9.45. The van der Waals surface area contributed by atoms with Crippen molar-refractivity contribution in [1.29, 1.82) is 0 Å². The number of imidazole rings is 1. The van der Waals surface area contributed by atoms with E-state index in [0.29, 0.717) is 6.04 Å². The SMILES string of the molecule is CCCC(C)NCc1cncn1CC. The summed E-state index contributed by atoms with van der Waals surface area (Å²) < 4.78 is 2.17. The Morgan fingerprint density at radius 2 is 2.29 bits per heavy atom. The molecule has 1 aromatic heterocycles. The van der Waals surface area contributed by atoms with Crippen LogP contribution in [0, 0.1) is 0 Å². The minimum absolute atomic E-state index is 0.597. The van der Waals surface area contributed by atoms with Gasteiger partial charge in [0.15, 0.2) is 0 Å². The molecule has 0 spiro atoms. The van der Waals surface area contributed by atoms with Crippen molar-refractivity contribution in [2.45, 2.75) is 52.7 Å². The maximum Gasteiger partial charge on any atom is 0.0948 e. The highest BCUT2D eigenvalue weighted by Gasteiger charge is 2.02. The molecule has 0 aliphatic heterocycles. The molecule has 0 aliphatic carbocycles. The largest absolute Gasteiger partial charge is 0.334 e. The first-order chi connectivity index (χ1) is 6.77. The summed E-state index contributed by atoms with van der Waals surface area (Å²) in [6, 6.07) is 0.597. The Balaban J connectivity index is 2.37. The number of hydrogen-bond donors (Lipinski definition) is 1. The summed E-state index contributed by atoms with van der Waals surface area (Å²) in [5, 5.41) is 3.50. The lowest BCUT2D eigenvalue weighted by atomic mass is 10.2. The minimum atomic E-state index is 0.597. The molecule has 80 valence electrons. The first-order valence-corrected chi connectivity index (χ1v) is 5.50. The van der Waals surface area contributed by atoms with Gasteiger partial charge in [-0.1, -0.05) is 13.3 Å². The Bertz CT molecular complexity index is 255. The fraction of sp³-hybridized carbons (Fsp3) is 0.727. The highest BCUT2D eigenvalue weighted by molar-refractivity contribution is 4.97. The summed E-state index contributed by atoms with van der Waals surface area (Å²) in [6.07, 6.45) is 6.30. The van der Waals surface area contributed by atoms with Gasteiger partial charge in [-0.3, -0.25) is 0 Å². The number of aromatic nitrogens is 2. The lowest BCUT2D eigenvalue weighted by Gasteiger charge is -2.13. The Morgan fingerprint density at radius 1 is 1.50 bits per heavy atom. The summed E-state index contributed by atoms with van der Waals surface area (Å²) in [6.45, 7) is 8.51. The van der Waals surface area contributed by atoms with Crippen LogP contribution in [0.15, 0.2) is 12.5 Å². The summed E-state index contributed by atoms with van der Waals surface area (Å²) in [4.78, 5) is 4.14. The van der Waals surface area contributed by atoms with Crippen molar-refractivity contribution in [2.75, 3.05) is 0 Å². The topological polar surface area (TPSA) is 29.9 Å². The Labute approximate surface area is 86.5 Å². The summed E-state index contributed by atoms with van der Waals surface area (Å²) in [5.41, 5.74) is 1.27. The first-order valence-electron chi connectivity index (χ1n) is 5.50. The van der Waals surface area contributed by atoms with Gasteiger partial charge < -0.3 is 9.88 Å². The highest BCUT2D eigenvalue weighted by Crippen LogP contribution is 2.01. The Hall–Kier alpha value is -0.830. The van der Waals surface area contributed by atoms with Gasteiger partial charge in [0, 0.05) is 25.3 Å². The van der Waals surface area contributed by atoms with Gasteiger partial charge in [-0.15, -0.1) is 0 Å². The fourth-order valence-electron chi connectivity index (χ4n) is 1.59. The van der Waals surface area contributed by atoms with Crippen molar-refractivity contribution in [3.8, 4) is 0 Å². The molecule has 0 amide bonds. The fourth-order valence-corrected chi connectivity index (χ4v) is 1.59. The molecule has 0 aliphatic rings. The van der Waals surface area contributed by atoms with Crippen LogP contribution in [0.2, 0.25) is 0 Å². The van der Waals surface area contributed by atoms with Crippen molar-refractivity contribution in [1.82, 2.24) is 14.9 Å². The second-order valence-corrected chi connectivity index (χ2v) is 3.74. The van der Waals surface area contributed by atoms with Crippen LogP contribution in [0.5, 0.6) is 0 Å². The Morgan fingerprint density at radius 3 is 2.93 bits per heavy atom. The van der Waals surface area contributed by atoms with Gasteiger partial charge in [0.2, 0.25) is 0 Å². The van der Waals surface area contributed by atoms with E-state index < -0.39 is 0 Å². The Kier molecular flexibility index (Phi) is 4.66. The molecule has 1 heterocycles. The quantitative estimate of drug-likeness (QED) is 0.754. The van der Waals surface area contributed by atoms with Gasteiger partial charge in [0.1, 0.15) is 0 Å². The summed E-state index contributed by atoms with van der Waals surface area (Å²) in [7, 11) is 0. The predicted octanol–water partition coefficient (Wildman–Crippen LogP) is 2.18. The minimum Gasteiger partial charge on any atom is -0.334 e. The first kappa shape index (κ1) is 11.2. The second kappa shape index (κ2) is 5.81. The molecule has 0 aromatic carbocycles. The molecule has 1 aromatic rings. The molecule has 3 heteroatoms. The van der Waals surface area contributed by atoms with Crippen molar-refractivity contribution < 1.29 is 0 Å². The third-order valence-corrected chi connectivity index (χ3v) is 2.49. The van der Waals surface area contributed by atoms with E-state index in [0.717, 1.165) is 13.1 Å². The predicted molar refractivity (Wildman–Crippen MR) is 59.1 cm³/mol. The third kappa shape index (κ3) is 3.14. The molecule has 1 rings (SSSR count). The van der Waals surface area contributed by atoms with E-state index in [4.69, 9.17) is 0 Å². The van der Waals surface area contributed by atoms with Gasteiger partial charge in [-0.2, -0.15) is 0 Å². The van der Waals surface area contributed by atoms with Gasteiger partial charge in [0.25, 0.3) is 0 Å². The molecule has 0 saturated heterocycles. The van der Waals surface area contributed by atoms with Crippen LogP contribution < -0.4 is 5.32 Å². The molecule has 1 unspecified atom stereocenters. The molecular weight excluding hydrogens is 174 g/mol. The van der Waals surface area contributed by atoms with Gasteiger partial charge in [0.05, 0.1) is 12.0 Å². The number of nitrogens with zero attached hydrogens (tertiary/aromatic N) is 2. The van der Waals surface area contributed by atoms with Crippen LogP contribution in [0.4, 0.5) is 0 Å². The average Bonchev–Trinajstić information content (AvgIpc) is 2.62. The summed E-state index contributed by atoms with van der Waals surface area (Å²) in [5.74, 6) is 0. The van der Waals surface area contributed by atoms with Crippen LogP contribution in [-0.2, 0) is 13.1 Å². The van der Waals surface area contributed by atoms with E-state index >= 15 is 0 Å². The standard InChI is InChI=1S/C11H21N3/c1-4-6-10(3)13-8-11-7-12-9-14(11)5-2/h7,9-10,13H,4-6,8H2,1-3H3. The van der Waals surface area contributed by atoms with E-state index in [1.165, 1.54) is 18.5 Å². The van der Waals surface area contributed by atoms with Crippen molar-refractivity contribution in [3.63, 3.8) is 0 Å². The van der Waals surface area contributed by atoms with E-state index in [9.17, 15) is 0 Å². The van der Waals surface area contributed by atoms with E-state index in [1.807, 2.05) is 12.5 Å². The van der Waals surface area contributed by atoms with Crippen molar-refractivity contribution in [3.05, 3.63) is 18.2 Å². The monoisotopic (exact) mass is 195 g/mol. The average molecular weight is 195 g/mol. The smallest absolute Gasteiger partial charge is 0.0948 e. The maximum atomic E-state index is 4.14. The maximum absolute atomic E-state index is 4.14. The van der Waals surface area contributed by atoms with Crippen LogP contribution in [0.25, 0.3) is 0 Å². The molecule has 1 N–H and O–H groups in total. The van der Waals surface area contributed by atoms with Gasteiger partial charge in [-0.05, 0) is 20.3 Å². The summed E-state index contributed by atoms with van der Waals surface area (Å²) >= 11 is 0. The van der Waals surface area contributed by atoms with E-state index in [2.05, 4.69) is 35.6 Å². The highest BCUT2D eigenvalue weighted by atomic mass is 15.1. The molecule has 14 heavy (non-hydrogen) atoms. The number of rotatable bonds is 6. The van der Waals surface area contributed by atoms with Crippen molar-refractivity contribution >= 4 is 0 Å². The van der Waals surface area contributed by atoms with Crippen LogP contribution in [0.1, 0.15) is 39.3 Å². The van der Waals surface area contributed by atoms with E-state index in [-0.39, 0.29) is 0 Å². The lowest BCUT2D eigenvalue weighted by Crippen LogP contribution is -2.26. The normalized spacial score (nSPS) is 13.1. The molecular formula is C11H21N3. The number of hydrogen-bond acceptors (Lipinski definition) is 2. The van der Waals surface area contributed by atoms with Gasteiger partial charge >= 0.3 is 0 Å². The van der Waals surface area contributed by atoms with E-state index in [1.54, 1.807) is 0 Å². The van der Waals surface area contributed by atoms with Crippen LogP contribution >= 0.6 is 0 Å². The molecule has 0 fully saturated rings. The van der Waals surface area contributed by atoms with Gasteiger partial charge in [-0.25, -0.2) is 4.98 Å². The molecule has 1 atom stereocenters. The zero-order chi connectivity index (χ0) is 10.4. The number of nitrogens with one attached hydrogen (secondary N) is 1. The molecule has 0 radical (unpaired) electrons. The zero-order valence-corrected chi connectivity index (χ0v) is 9.45. The third-order valence-electron chi connectivity index (χ3n) is 2.49. The number of aryl methyl sites for hydroxylation is 1. The molecule has 0 saturated carbocycles. The second-order valence-electron chi connectivity index (χ2n) is 3.74. The van der Waals surface area contributed by atoms with Crippen LogP contribution in [0.3, 0.4) is 0 Å². The lowest BCUT2D eigenvalue weighted by molar-refractivity contribution is 0.495. The molecule has 0 bridgehead atoms. The van der Waals surface area contributed by atoms with Crippen molar-refractivity contribution in [2.24, 2.45) is 0 Å². The van der Waals surface area contributed by atoms with Crippen LogP contribution in [-0.4, -0.2) is 15.6 Å².